The molecule has 0 spiro atoms. The second-order valence-electron chi connectivity index (χ2n) is 4.85. The maximum Gasteiger partial charge on any atom is 0.224 e. The van der Waals surface area contributed by atoms with Gasteiger partial charge in [-0.2, -0.15) is 0 Å². The van der Waals surface area contributed by atoms with Gasteiger partial charge in [-0.1, -0.05) is 18.2 Å². The van der Waals surface area contributed by atoms with Crippen LogP contribution in [0.1, 0.15) is 18.4 Å². The van der Waals surface area contributed by atoms with Crippen LogP contribution in [0.15, 0.2) is 43.0 Å². The van der Waals surface area contributed by atoms with Crippen LogP contribution in [0.25, 0.3) is 0 Å². The number of amides is 1. The second kappa shape index (κ2) is 8.09. The van der Waals surface area contributed by atoms with Gasteiger partial charge in [-0.05, 0) is 18.9 Å². The minimum absolute atomic E-state index is 0.0298. The van der Waals surface area contributed by atoms with Crippen LogP contribution in [-0.2, 0) is 17.8 Å². The van der Waals surface area contributed by atoms with Gasteiger partial charge in [0.05, 0.1) is 19.9 Å². The zero-order chi connectivity index (χ0) is 14.9. The Balaban J connectivity index is 1.65. The third-order valence-electron chi connectivity index (χ3n) is 3.27. The molecule has 0 saturated carbocycles. The molecule has 2 aromatic rings. The van der Waals surface area contributed by atoms with Gasteiger partial charge in [-0.3, -0.25) is 4.79 Å². The summed E-state index contributed by atoms with van der Waals surface area (Å²) in [6.07, 6.45) is 7.85. The van der Waals surface area contributed by atoms with E-state index in [9.17, 15) is 4.79 Å². The predicted molar refractivity (Wildman–Crippen MR) is 81.2 cm³/mol. The number of aromatic nitrogens is 2. The number of unbranched alkanes of at least 4 members (excludes halogenated alkanes) is 1. The molecule has 21 heavy (non-hydrogen) atoms. The first-order valence-corrected chi connectivity index (χ1v) is 7.14. The van der Waals surface area contributed by atoms with E-state index in [1.807, 2.05) is 35.0 Å². The molecular formula is C16H21N3O2. The molecule has 0 unspecified atom stereocenters. The molecule has 1 aromatic heterocycles. The topological polar surface area (TPSA) is 56.1 Å². The maximum atomic E-state index is 11.9. The zero-order valence-electron chi connectivity index (χ0n) is 12.3. The highest BCUT2D eigenvalue weighted by atomic mass is 16.5. The van der Waals surface area contributed by atoms with Crippen LogP contribution in [0.4, 0.5) is 0 Å². The summed E-state index contributed by atoms with van der Waals surface area (Å²) in [5.74, 6) is 0.787. The van der Waals surface area contributed by atoms with Gasteiger partial charge in [-0.15, -0.1) is 0 Å². The number of aryl methyl sites for hydroxylation is 1. The lowest BCUT2D eigenvalue weighted by molar-refractivity contribution is -0.120. The van der Waals surface area contributed by atoms with Crippen LogP contribution in [0.3, 0.4) is 0 Å². The Morgan fingerprint density at radius 3 is 2.95 bits per heavy atom. The van der Waals surface area contributed by atoms with Gasteiger partial charge in [0.2, 0.25) is 5.91 Å². The van der Waals surface area contributed by atoms with Gasteiger partial charge in [-0.25, -0.2) is 4.98 Å². The first-order chi connectivity index (χ1) is 10.3. The number of nitrogens with one attached hydrogen (secondary N) is 1. The summed E-state index contributed by atoms with van der Waals surface area (Å²) in [5.41, 5.74) is 0.913. The number of hydrogen-bond donors (Lipinski definition) is 1. The highest BCUT2D eigenvalue weighted by Gasteiger charge is 2.07. The first-order valence-electron chi connectivity index (χ1n) is 7.14. The van der Waals surface area contributed by atoms with Crippen LogP contribution in [0.5, 0.6) is 5.75 Å². The SMILES string of the molecule is COc1ccccc1CC(=O)NCCCCn1ccnc1. The molecule has 1 N–H and O–H groups in total. The summed E-state index contributed by atoms with van der Waals surface area (Å²) in [7, 11) is 1.62. The van der Waals surface area contributed by atoms with Crippen molar-refractivity contribution in [1.29, 1.82) is 0 Å². The van der Waals surface area contributed by atoms with Crippen LogP contribution in [0.2, 0.25) is 0 Å². The van der Waals surface area contributed by atoms with E-state index < -0.39 is 0 Å². The highest BCUT2D eigenvalue weighted by molar-refractivity contribution is 5.79. The van der Waals surface area contributed by atoms with E-state index in [4.69, 9.17) is 4.74 Å². The summed E-state index contributed by atoms with van der Waals surface area (Å²) in [5, 5.41) is 2.94. The van der Waals surface area contributed by atoms with Crippen LogP contribution < -0.4 is 10.1 Å². The largest absolute Gasteiger partial charge is 0.496 e. The number of para-hydroxylation sites is 1. The van der Waals surface area contributed by atoms with Crippen molar-refractivity contribution in [3.63, 3.8) is 0 Å². The Morgan fingerprint density at radius 1 is 1.33 bits per heavy atom. The Morgan fingerprint density at radius 2 is 2.19 bits per heavy atom. The number of hydrogen-bond acceptors (Lipinski definition) is 3. The van der Waals surface area contributed by atoms with Crippen molar-refractivity contribution in [3.05, 3.63) is 48.5 Å². The van der Waals surface area contributed by atoms with E-state index in [-0.39, 0.29) is 5.91 Å². The smallest absolute Gasteiger partial charge is 0.224 e. The number of imidazole rings is 1. The van der Waals surface area contributed by atoms with Crippen molar-refractivity contribution in [3.8, 4) is 5.75 Å². The molecule has 112 valence electrons. The monoisotopic (exact) mass is 287 g/mol. The minimum atomic E-state index is 0.0298. The third-order valence-corrected chi connectivity index (χ3v) is 3.27. The lowest BCUT2D eigenvalue weighted by Crippen LogP contribution is -2.26. The average molecular weight is 287 g/mol. The fraction of sp³-hybridized carbons (Fsp3) is 0.375. The molecule has 5 heteroatoms. The molecule has 1 amide bonds. The number of carbonyl (C=O) groups is 1. The Labute approximate surface area is 125 Å². The summed E-state index contributed by atoms with van der Waals surface area (Å²) >= 11 is 0. The number of nitrogens with zero attached hydrogens (tertiary/aromatic N) is 2. The lowest BCUT2D eigenvalue weighted by Gasteiger charge is -2.09. The van der Waals surface area contributed by atoms with E-state index >= 15 is 0 Å². The highest BCUT2D eigenvalue weighted by Crippen LogP contribution is 2.17. The third kappa shape index (κ3) is 4.95. The quantitative estimate of drug-likeness (QED) is 0.756. The van der Waals surface area contributed by atoms with Crippen molar-refractivity contribution in [1.82, 2.24) is 14.9 Å². The molecule has 0 aliphatic carbocycles. The second-order valence-corrected chi connectivity index (χ2v) is 4.85. The van der Waals surface area contributed by atoms with Crippen LogP contribution in [0, 0.1) is 0 Å². The molecule has 0 bridgehead atoms. The van der Waals surface area contributed by atoms with Gasteiger partial charge in [0, 0.05) is 31.0 Å². The Kier molecular flexibility index (Phi) is 5.82. The molecule has 1 aromatic carbocycles. The number of rotatable bonds is 8. The van der Waals surface area contributed by atoms with E-state index in [1.54, 1.807) is 19.6 Å². The number of benzene rings is 1. The normalized spacial score (nSPS) is 10.3. The van der Waals surface area contributed by atoms with Crippen molar-refractivity contribution >= 4 is 5.91 Å². The number of ether oxygens (including phenoxy) is 1. The van der Waals surface area contributed by atoms with Gasteiger partial charge in [0.25, 0.3) is 0 Å². The fourth-order valence-electron chi connectivity index (χ4n) is 2.15. The molecule has 5 nitrogen and oxygen atoms in total. The summed E-state index contributed by atoms with van der Waals surface area (Å²) < 4.78 is 7.28. The van der Waals surface area contributed by atoms with Gasteiger partial charge in [0.1, 0.15) is 5.75 Å². The molecule has 0 radical (unpaired) electrons. The maximum absolute atomic E-state index is 11.9. The molecule has 0 atom stereocenters. The molecule has 0 saturated heterocycles. The standard InChI is InChI=1S/C16H21N3O2/c1-21-15-7-3-2-6-14(15)12-16(20)18-8-4-5-10-19-11-9-17-13-19/h2-3,6-7,9,11,13H,4-5,8,10,12H2,1H3,(H,18,20). The molecular weight excluding hydrogens is 266 g/mol. The van der Waals surface area contributed by atoms with Gasteiger partial charge in [0.15, 0.2) is 0 Å². The lowest BCUT2D eigenvalue weighted by atomic mass is 10.1. The number of carbonyl (C=O) groups excluding carboxylic acids is 1. The summed E-state index contributed by atoms with van der Waals surface area (Å²) in [4.78, 5) is 15.9. The zero-order valence-corrected chi connectivity index (χ0v) is 12.3. The first kappa shape index (κ1) is 15.1. The van der Waals surface area contributed by atoms with Crippen molar-refractivity contribution in [2.24, 2.45) is 0 Å². The van der Waals surface area contributed by atoms with Gasteiger partial charge >= 0.3 is 0 Å². The molecule has 2 rings (SSSR count). The minimum Gasteiger partial charge on any atom is -0.496 e. The molecule has 0 fully saturated rings. The molecule has 1 heterocycles. The van der Waals surface area contributed by atoms with Gasteiger partial charge < -0.3 is 14.6 Å². The van der Waals surface area contributed by atoms with Crippen molar-refractivity contribution in [2.75, 3.05) is 13.7 Å². The summed E-state index contributed by atoms with van der Waals surface area (Å²) in [6, 6.07) is 7.60. The molecule has 0 aliphatic rings. The Hall–Kier alpha value is -2.30. The fourth-order valence-corrected chi connectivity index (χ4v) is 2.15. The molecule has 0 aliphatic heterocycles. The predicted octanol–water partition coefficient (Wildman–Crippen LogP) is 2.03. The van der Waals surface area contributed by atoms with Crippen LogP contribution in [-0.4, -0.2) is 29.1 Å². The summed E-state index contributed by atoms with van der Waals surface area (Å²) in [6.45, 7) is 1.63. The van der Waals surface area contributed by atoms with E-state index in [0.717, 1.165) is 30.7 Å². The number of methoxy groups -OCH3 is 1. The van der Waals surface area contributed by atoms with Crippen LogP contribution >= 0.6 is 0 Å². The van der Waals surface area contributed by atoms with Crippen molar-refractivity contribution in [2.45, 2.75) is 25.8 Å². The Bertz CT molecular complexity index is 552. The van der Waals surface area contributed by atoms with E-state index in [1.165, 1.54) is 0 Å². The van der Waals surface area contributed by atoms with E-state index in [0.29, 0.717) is 13.0 Å². The van der Waals surface area contributed by atoms with E-state index in [2.05, 4.69) is 10.3 Å². The average Bonchev–Trinajstić information content (AvgIpc) is 3.01. The van der Waals surface area contributed by atoms with Crippen molar-refractivity contribution < 1.29 is 9.53 Å².